The Morgan fingerprint density at radius 3 is 2.93 bits per heavy atom. The molecule has 1 aliphatic rings. The minimum atomic E-state index is -0.907. The normalized spacial score (nSPS) is 13.9. The molecule has 0 spiro atoms. The molecule has 2 heterocycles. The van der Waals surface area contributed by atoms with Gasteiger partial charge in [0.2, 0.25) is 0 Å². The Labute approximate surface area is 170 Å². The van der Waals surface area contributed by atoms with E-state index in [-0.39, 0.29) is 11.3 Å². The number of fused-ring (bicyclic) bond motifs is 3. The highest BCUT2D eigenvalue weighted by atomic mass is 32.2. The molecular weight excluding hydrogens is 392 g/mol. The quantitative estimate of drug-likeness (QED) is 0.649. The van der Waals surface area contributed by atoms with E-state index in [1.807, 2.05) is 32.1 Å². The lowest BCUT2D eigenvalue weighted by Crippen LogP contribution is -2.11. The number of H-pyrrole nitrogens is 1. The molecule has 2 aromatic heterocycles. The van der Waals surface area contributed by atoms with Crippen molar-refractivity contribution >= 4 is 50.3 Å². The molecule has 0 radical (unpaired) electrons. The SMILES string of the molecule is Cc1ccc(/C=C(\SCC(=O)O)c2nc3sc4c(c3c(=O)[nH]2)CCC4)c(C)c1. The molecule has 0 fully saturated rings. The Kier molecular flexibility index (Phi) is 5.12. The van der Waals surface area contributed by atoms with Crippen LogP contribution in [0.15, 0.2) is 23.0 Å². The molecule has 0 saturated carbocycles. The Hall–Kier alpha value is -2.38. The summed E-state index contributed by atoms with van der Waals surface area (Å²) in [5, 5.41) is 9.84. The Bertz CT molecular complexity index is 1170. The number of hydrogen-bond donors (Lipinski definition) is 2. The van der Waals surface area contributed by atoms with Crippen LogP contribution in [0.1, 0.15) is 39.4 Å². The largest absolute Gasteiger partial charge is 0.481 e. The maximum Gasteiger partial charge on any atom is 0.313 e. The Morgan fingerprint density at radius 2 is 2.18 bits per heavy atom. The van der Waals surface area contributed by atoms with Crippen LogP contribution < -0.4 is 5.56 Å². The van der Waals surface area contributed by atoms with E-state index in [2.05, 4.69) is 11.1 Å². The van der Waals surface area contributed by atoms with Crippen LogP contribution in [0.4, 0.5) is 0 Å². The van der Waals surface area contributed by atoms with E-state index in [0.29, 0.717) is 16.1 Å². The molecule has 4 rings (SSSR count). The van der Waals surface area contributed by atoms with Gasteiger partial charge in [-0.3, -0.25) is 9.59 Å². The minimum Gasteiger partial charge on any atom is -0.481 e. The van der Waals surface area contributed by atoms with E-state index in [4.69, 9.17) is 10.1 Å². The minimum absolute atomic E-state index is 0.0978. The van der Waals surface area contributed by atoms with Crippen LogP contribution in [-0.4, -0.2) is 26.8 Å². The number of aryl methyl sites for hydroxylation is 4. The fourth-order valence-corrected chi connectivity index (χ4v) is 5.55. The fourth-order valence-electron chi connectivity index (χ4n) is 3.57. The van der Waals surface area contributed by atoms with E-state index in [9.17, 15) is 9.59 Å². The van der Waals surface area contributed by atoms with Crippen LogP contribution in [0.25, 0.3) is 21.2 Å². The second kappa shape index (κ2) is 7.56. The second-order valence-electron chi connectivity index (χ2n) is 7.00. The standard InChI is InChI=1S/C21H20N2O3S2/c1-11-6-7-13(12(2)8-11)9-16(27-10-17(24)25)19-22-20(26)18-14-4-3-5-15(14)28-21(18)23-19/h6-9H,3-5,10H2,1-2H3,(H,24,25)(H,22,23,26)/b16-9-. The van der Waals surface area contributed by atoms with Crippen LogP contribution in [-0.2, 0) is 17.6 Å². The second-order valence-corrected chi connectivity index (χ2v) is 9.10. The van der Waals surface area contributed by atoms with Gasteiger partial charge in [-0.2, -0.15) is 0 Å². The number of benzene rings is 1. The highest BCUT2D eigenvalue weighted by Gasteiger charge is 2.22. The first-order valence-corrected chi connectivity index (χ1v) is 10.9. The van der Waals surface area contributed by atoms with Crippen molar-refractivity contribution in [2.24, 2.45) is 0 Å². The van der Waals surface area contributed by atoms with E-state index in [0.717, 1.165) is 46.3 Å². The molecule has 144 valence electrons. The van der Waals surface area contributed by atoms with Crippen LogP contribution in [0.3, 0.4) is 0 Å². The zero-order chi connectivity index (χ0) is 19.8. The van der Waals surface area contributed by atoms with Gasteiger partial charge in [0.15, 0.2) is 0 Å². The number of carbonyl (C=O) groups is 1. The van der Waals surface area contributed by atoms with Crippen molar-refractivity contribution in [2.45, 2.75) is 33.1 Å². The molecular formula is C21H20N2O3S2. The van der Waals surface area contributed by atoms with Gasteiger partial charge in [0.05, 0.1) is 16.0 Å². The van der Waals surface area contributed by atoms with Crippen molar-refractivity contribution < 1.29 is 9.90 Å². The number of carboxylic acids is 1. The first-order chi connectivity index (χ1) is 13.4. The lowest BCUT2D eigenvalue weighted by atomic mass is 10.1. The van der Waals surface area contributed by atoms with E-state index in [1.165, 1.54) is 16.6 Å². The van der Waals surface area contributed by atoms with Gasteiger partial charge >= 0.3 is 5.97 Å². The molecule has 0 atom stereocenters. The fraction of sp³-hybridized carbons (Fsp3) is 0.286. The molecule has 3 aromatic rings. The lowest BCUT2D eigenvalue weighted by Gasteiger charge is -2.08. The summed E-state index contributed by atoms with van der Waals surface area (Å²) < 4.78 is 0. The average molecular weight is 413 g/mol. The van der Waals surface area contributed by atoms with Gasteiger partial charge in [0.1, 0.15) is 10.7 Å². The van der Waals surface area contributed by atoms with Gasteiger partial charge in [-0.05, 0) is 55.9 Å². The summed E-state index contributed by atoms with van der Waals surface area (Å²) in [6.07, 6.45) is 4.93. The first-order valence-electron chi connectivity index (χ1n) is 9.11. The third kappa shape index (κ3) is 3.64. The summed E-state index contributed by atoms with van der Waals surface area (Å²) in [6.45, 7) is 4.05. The zero-order valence-electron chi connectivity index (χ0n) is 15.7. The summed E-state index contributed by atoms with van der Waals surface area (Å²) in [7, 11) is 0. The number of aromatic amines is 1. The maximum atomic E-state index is 12.8. The number of hydrogen-bond acceptors (Lipinski definition) is 5. The number of nitrogens with one attached hydrogen (secondary N) is 1. The van der Waals surface area contributed by atoms with Crippen molar-refractivity contribution in [2.75, 3.05) is 5.75 Å². The summed E-state index contributed by atoms with van der Waals surface area (Å²) in [4.78, 5) is 34.2. The summed E-state index contributed by atoms with van der Waals surface area (Å²) in [5.74, 6) is -0.571. The monoisotopic (exact) mass is 412 g/mol. The maximum absolute atomic E-state index is 12.8. The van der Waals surface area contributed by atoms with Gasteiger partial charge in [-0.15, -0.1) is 23.1 Å². The van der Waals surface area contributed by atoms with Gasteiger partial charge in [-0.25, -0.2) is 4.98 Å². The third-order valence-corrected chi connectivity index (χ3v) is 7.07. The molecule has 0 bridgehead atoms. The van der Waals surface area contributed by atoms with E-state index < -0.39 is 5.97 Å². The van der Waals surface area contributed by atoms with Crippen molar-refractivity contribution in [1.82, 2.24) is 9.97 Å². The van der Waals surface area contributed by atoms with Crippen LogP contribution >= 0.6 is 23.1 Å². The molecule has 0 aliphatic heterocycles. The average Bonchev–Trinajstić information content (AvgIpc) is 3.20. The van der Waals surface area contributed by atoms with Crippen LogP contribution in [0.5, 0.6) is 0 Å². The Balaban J connectivity index is 1.83. The van der Waals surface area contributed by atoms with E-state index >= 15 is 0 Å². The Morgan fingerprint density at radius 1 is 1.36 bits per heavy atom. The lowest BCUT2D eigenvalue weighted by molar-refractivity contribution is -0.133. The van der Waals surface area contributed by atoms with Gasteiger partial charge < -0.3 is 10.1 Å². The van der Waals surface area contributed by atoms with Crippen molar-refractivity contribution in [1.29, 1.82) is 0 Å². The summed E-state index contributed by atoms with van der Waals surface area (Å²) in [5.41, 5.74) is 4.23. The predicted molar refractivity (Wildman–Crippen MR) is 116 cm³/mol. The van der Waals surface area contributed by atoms with Crippen molar-refractivity contribution in [3.63, 3.8) is 0 Å². The van der Waals surface area contributed by atoms with Gasteiger partial charge in [-0.1, -0.05) is 23.8 Å². The first kappa shape index (κ1) is 19.0. The molecule has 0 saturated heterocycles. The molecule has 0 unspecified atom stereocenters. The van der Waals surface area contributed by atoms with Crippen molar-refractivity contribution in [3.8, 4) is 0 Å². The number of thiophene rings is 1. The smallest absolute Gasteiger partial charge is 0.313 e. The molecule has 1 aliphatic carbocycles. The molecule has 0 amide bonds. The molecule has 2 N–H and O–H groups in total. The number of rotatable bonds is 5. The number of aromatic nitrogens is 2. The van der Waals surface area contributed by atoms with Crippen LogP contribution in [0.2, 0.25) is 0 Å². The highest BCUT2D eigenvalue weighted by Crippen LogP contribution is 2.36. The predicted octanol–water partition coefficient (Wildman–Crippen LogP) is 4.41. The third-order valence-electron chi connectivity index (χ3n) is 4.87. The molecule has 28 heavy (non-hydrogen) atoms. The van der Waals surface area contributed by atoms with Gasteiger partial charge in [0.25, 0.3) is 5.56 Å². The summed E-state index contributed by atoms with van der Waals surface area (Å²) in [6, 6.07) is 6.10. The number of carboxylic acid groups (broad SMARTS) is 1. The number of thioether (sulfide) groups is 1. The topological polar surface area (TPSA) is 83.0 Å². The zero-order valence-corrected chi connectivity index (χ0v) is 17.3. The number of nitrogens with zero attached hydrogens (tertiary/aromatic N) is 1. The van der Waals surface area contributed by atoms with Gasteiger partial charge in [0, 0.05) is 4.88 Å². The highest BCUT2D eigenvalue weighted by molar-refractivity contribution is 8.09. The van der Waals surface area contributed by atoms with E-state index in [1.54, 1.807) is 11.3 Å². The number of aliphatic carboxylic acids is 1. The summed E-state index contributed by atoms with van der Waals surface area (Å²) >= 11 is 2.76. The molecule has 7 heteroatoms. The molecule has 1 aromatic carbocycles. The molecule has 5 nitrogen and oxygen atoms in total. The van der Waals surface area contributed by atoms with Crippen LogP contribution in [0, 0.1) is 13.8 Å². The van der Waals surface area contributed by atoms with Crippen molar-refractivity contribution in [3.05, 3.63) is 61.5 Å².